The van der Waals surface area contributed by atoms with Gasteiger partial charge in [0.05, 0.1) is 24.5 Å². The molecule has 1 fully saturated rings. The molecule has 2 aromatic rings. The fourth-order valence-corrected chi connectivity index (χ4v) is 4.50. The zero-order chi connectivity index (χ0) is 19.8. The number of nitrogens with one attached hydrogen (secondary N) is 1. The summed E-state index contributed by atoms with van der Waals surface area (Å²) in [5, 5.41) is 6.82. The summed E-state index contributed by atoms with van der Waals surface area (Å²) in [7, 11) is -2.29. The number of ether oxygens (including phenoxy) is 1. The number of aryl methyl sites for hydroxylation is 2. The molecule has 2 heterocycles. The Balaban J connectivity index is 1.90. The van der Waals surface area contributed by atoms with Gasteiger partial charge in [-0.05, 0) is 32.0 Å². The number of rotatable bonds is 4. The van der Waals surface area contributed by atoms with Crippen molar-refractivity contribution in [3.63, 3.8) is 0 Å². The van der Waals surface area contributed by atoms with Gasteiger partial charge in [-0.25, -0.2) is 12.8 Å². The average molecular weight is 396 g/mol. The monoisotopic (exact) mass is 396 g/mol. The van der Waals surface area contributed by atoms with Crippen LogP contribution in [0, 0.1) is 19.7 Å². The van der Waals surface area contributed by atoms with Crippen molar-refractivity contribution in [2.24, 2.45) is 7.05 Å². The number of carbonyl (C=O) groups is 1. The lowest BCUT2D eigenvalue weighted by Gasteiger charge is -2.26. The number of carbonyl (C=O) groups excluding carboxylic acids is 1. The lowest BCUT2D eigenvalue weighted by Crippen LogP contribution is -2.40. The normalized spacial score (nSPS) is 15.7. The standard InChI is InChI=1S/C17H21FN4O4S/c1-11-16(12(2)21(3)20-11)17(23)19-13-4-5-14(18)15(10-13)27(24,25)22-6-8-26-9-7-22/h4-5,10H,6-9H2,1-3H3,(H,19,23). The summed E-state index contributed by atoms with van der Waals surface area (Å²) in [6.07, 6.45) is 0. The van der Waals surface area contributed by atoms with Crippen molar-refractivity contribution in [2.75, 3.05) is 31.6 Å². The lowest BCUT2D eigenvalue weighted by atomic mass is 10.2. The van der Waals surface area contributed by atoms with Crippen LogP contribution in [0.3, 0.4) is 0 Å². The topological polar surface area (TPSA) is 93.5 Å². The summed E-state index contributed by atoms with van der Waals surface area (Å²) >= 11 is 0. The molecule has 27 heavy (non-hydrogen) atoms. The first-order chi connectivity index (χ1) is 12.7. The zero-order valence-corrected chi connectivity index (χ0v) is 16.1. The molecule has 3 rings (SSSR count). The second kappa shape index (κ2) is 7.37. The molecule has 0 saturated carbocycles. The number of aromatic nitrogens is 2. The van der Waals surface area contributed by atoms with Crippen LogP contribution >= 0.6 is 0 Å². The minimum atomic E-state index is -4.02. The van der Waals surface area contributed by atoms with E-state index in [1.165, 1.54) is 10.4 Å². The number of morpholine rings is 1. The largest absolute Gasteiger partial charge is 0.379 e. The van der Waals surface area contributed by atoms with Crippen LogP contribution in [-0.2, 0) is 21.8 Å². The van der Waals surface area contributed by atoms with E-state index in [0.29, 0.717) is 17.0 Å². The summed E-state index contributed by atoms with van der Waals surface area (Å²) in [5.74, 6) is -1.30. The van der Waals surface area contributed by atoms with Crippen LogP contribution < -0.4 is 5.32 Å². The maximum atomic E-state index is 14.2. The van der Waals surface area contributed by atoms with Crippen molar-refractivity contribution in [1.82, 2.24) is 14.1 Å². The van der Waals surface area contributed by atoms with E-state index in [1.807, 2.05) is 0 Å². The van der Waals surface area contributed by atoms with Gasteiger partial charge >= 0.3 is 0 Å². The quantitative estimate of drug-likeness (QED) is 0.844. The van der Waals surface area contributed by atoms with Crippen LogP contribution in [0.4, 0.5) is 10.1 Å². The molecule has 1 aromatic heterocycles. The number of halogens is 1. The SMILES string of the molecule is Cc1nn(C)c(C)c1C(=O)Nc1ccc(F)c(S(=O)(=O)N2CCOCC2)c1. The van der Waals surface area contributed by atoms with Gasteiger partial charge in [0.1, 0.15) is 10.7 Å². The van der Waals surface area contributed by atoms with Gasteiger partial charge in [-0.1, -0.05) is 0 Å². The summed E-state index contributed by atoms with van der Waals surface area (Å²) in [5.41, 5.74) is 1.82. The molecule has 8 nitrogen and oxygen atoms in total. The molecular weight excluding hydrogens is 375 g/mol. The van der Waals surface area contributed by atoms with E-state index in [9.17, 15) is 17.6 Å². The molecule has 146 valence electrons. The van der Waals surface area contributed by atoms with Crippen LogP contribution in [-0.4, -0.2) is 54.7 Å². The number of anilines is 1. The molecule has 1 aliphatic rings. The van der Waals surface area contributed by atoms with Gasteiger partial charge in [-0.2, -0.15) is 9.40 Å². The van der Waals surface area contributed by atoms with Gasteiger partial charge < -0.3 is 10.1 Å². The number of nitrogens with zero attached hydrogens (tertiary/aromatic N) is 3. The Morgan fingerprint density at radius 1 is 1.26 bits per heavy atom. The van der Waals surface area contributed by atoms with Crippen LogP contribution in [0.25, 0.3) is 0 Å². The highest BCUT2D eigenvalue weighted by atomic mass is 32.2. The smallest absolute Gasteiger partial charge is 0.259 e. The third-order valence-corrected chi connectivity index (χ3v) is 6.43. The summed E-state index contributed by atoms with van der Waals surface area (Å²) in [6, 6.07) is 3.50. The minimum Gasteiger partial charge on any atom is -0.379 e. The Morgan fingerprint density at radius 2 is 1.93 bits per heavy atom. The Morgan fingerprint density at radius 3 is 2.52 bits per heavy atom. The molecule has 0 radical (unpaired) electrons. The van der Waals surface area contributed by atoms with Crippen molar-refractivity contribution in [1.29, 1.82) is 0 Å². The van der Waals surface area contributed by atoms with Crippen molar-refractivity contribution in [2.45, 2.75) is 18.7 Å². The highest BCUT2D eigenvalue weighted by Crippen LogP contribution is 2.24. The Bertz CT molecular complexity index is 981. The third-order valence-electron chi connectivity index (χ3n) is 4.51. The van der Waals surface area contributed by atoms with E-state index in [-0.39, 0.29) is 32.0 Å². The molecule has 1 amide bonds. The summed E-state index contributed by atoms with van der Waals surface area (Å²) in [4.78, 5) is 12.1. The van der Waals surface area contributed by atoms with Gasteiger partial charge in [0, 0.05) is 31.5 Å². The average Bonchev–Trinajstić information content (AvgIpc) is 2.89. The zero-order valence-electron chi connectivity index (χ0n) is 15.3. The fourth-order valence-electron chi connectivity index (χ4n) is 3.00. The highest BCUT2D eigenvalue weighted by Gasteiger charge is 2.29. The van der Waals surface area contributed by atoms with Crippen LogP contribution in [0.15, 0.2) is 23.1 Å². The third kappa shape index (κ3) is 3.73. The Kier molecular flexibility index (Phi) is 5.31. The lowest BCUT2D eigenvalue weighted by molar-refractivity contribution is 0.0729. The first-order valence-corrected chi connectivity index (χ1v) is 9.85. The molecule has 1 aliphatic heterocycles. The molecule has 0 spiro atoms. The van der Waals surface area contributed by atoms with Crippen LogP contribution in [0.2, 0.25) is 0 Å². The van der Waals surface area contributed by atoms with E-state index in [0.717, 1.165) is 12.1 Å². The van der Waals surface area contributed by atoms with E-state index in [4.69, 9.17) is 4.74 Å². The summed E-state index contributed by atoms with van der Waals surface area (Å²) in [6.45, 7) is 4.31. The number of hydrogen-bond acceptors (Lipinski definition) is 5. The van der Waals surface area contributed by atoms with Gasteiger partial charge in [0.2, 0.25) is 10.0 Å². The van der Waals surface area contributed by atoms with Gasteiger partial charge in [-0.3, -0.25) is 9.48 Å². The van der Waals surface area contributed by atoms with Crippen molar-refractivity contribution in [3.05, 3.63) is 41.0 Å². The second-order valence-electron chi connectivity index (χ2n) is 6.29. The molecular formula is C17H21FN4O4S. The maximum Gasteiger partial charge on any atom is 0.259 e. The molecule has 10 heteroatoms. The van der Waals surface area contributed by atoms with Gasteiger partial charge in [0.15, 0.2) is 0 Å². The van der Waals surface area contributed by atoms with Crippen molar-refractivity contribution < 1.29 is 22.3 Å². The molecule has 0 unspecified atom stereocenters. The Labute approximate surface area is 157 Å². The van der Waals surface area contributed by atoms with E-state index in [2.05, 4.69) is 10.4 Å². The number of sulfonamides is 1. The molecule has 1 aromatic carbocycles. The maximum absolute atomic E-state index is 14.2. The highest BCUT2D eigenvalue weighted by molar-refractivity contribution is 7.89. The fraction of sp³-hybridized carbons (Fsp3) is 0.412. The number of amides is 1. The predicted octanol–water partition coefficient (Wildman–Crippen LogP) is 1.45. The molecule has 0 atom stereocenters. The molecule has 1 N–H and O–H groups in total. The molecule has 1 saturated heterocycles. The summed E-state index contributed by atoms with van der Waals surface area (Å²) < 4.78 is 47.6. The molecule has 0 aliphatic carbocycles. The Hall–Kier alpha value is -2.30. The van der Waals surface area contributed by atoms with E-state index < -0.39 is 26.6 Å². The van der Waals surface area contributed by atoms with E-state index >= 15 is 0 Å². The molecule has 0 bridgehead atoms. The first kappa shape index (κ1) is 19.5. The predicted molar refractivity (Wildman–Crippen MR) is 96.6 cm³/mol. The number of hydrogen-bond donors (Lipinski definition) is 1. The van der Waals surface area contributed by atoms with Gasteiger partial charge in [0.25, 0.3) is 5.91 Å². The second-order valence-corrected chi connectivity index (χ2v) is 8.19. The van der Waals surface area contributed by atoms with Crippen LogP contribution in [0.1, 0.15) is 21.7 Å². The van der Waals surface area contributed by atoms with E-state index in [1.54, 1.807) is 25.6 Å². The first-order valence-electron chi connectivity index (χ1n) is 8.41. The van der Waals surface area contributed by atoms with Gasteiger partial charge in [-0.15, -0.1) is 0 Å². The van der Waals surface area contributed by atoms with Crippen LogP contribution in [0.5, 0.6) is 0 Å². The number of benzene rings is 1. The minimum absolute atomic E-state index is 0.159. The van der Waals surface area contributed by atoms with Crippen molar-refractivity contribution >= 4 is 21.6 Å². The van der Waals surface area contributed by atoms with Crippen molar-refractivity contribution in [3.8, 4) is 0 Å².